The number of rotatable bonds is 8. The number of ketones is 1. The highest BCUT2D eigenvalue weighted by molar-refractivity contribution is 9.10. The molecule has 1 unspecified atom stereocenters. The summed E-state index contributed by atoms with van der Waals surface area (Å²) in [5.41, 5.74) is 2.40. The Kier molecular flexibility index (Phi) is 7.18. The lowest BCUT2D eigenvalue weighted by Crippen LogP contribution is -2.16. The molecule has 29 heavy (non-hydrogen) atoms. The number of Topliss-reactive ketones (excluding diaryl/α,β-unsaturated/α-hetero) is 1. The van der Waals surface area contributed by atoms with Crippen molar-refractivity contribution in [2.24, 2.45) is 0 Å². The Balaban J connectivity index is 1.92. The molecule has 3 aromatic carbocycles. The van der Waals surface area contributed by atoms with Gasteiger partial charge in [0, 0.05) is 27.2 Å². The van der Waals surface area contributed by atoms with Crippen LogP contribution in [0.25, 0.3) is 0 Å². The first kappa shape index (κ1) is 21.2. The quantitative estimate of drug-likeness (QED) is 0.376. The third-order valence-corrected chi connectivity index (χ3v) is 5.29. The van der Waals surface area contributed by atoms with E-state index in [-0.39, 0.29) is 18.2 Å². The van der Waals surface area contributed by atoms with Crippen LogP contribution < -0.4 is 14.8 Å². The average Bonchev–Trinajstić information content (AvgIpc) is 2.73. The van der Waals surface area contributed by atoms with E-state index >= 15 is 0 Å². The van der Waals surface area contributed by atoms with E-state index in [0.717, 1.165) is 15.7 Å². The van der Waals surface area contributed by atoms with Gasteiger partial charge in [0.1, 0.15) is 0 Å². The summed E-state index contributed by atoms with van der Waals surface area (Å²) in [4.78, 5) is 12.9. The number of carbonyl (C=O) groups is 1. The number of hydrogen-bond acceptors (Lipinski definition) is 4. The van der Waals surface area contributed by atoms with Gasteiger partial charge in [-0.3, -0.25) is 4.79 Å². The van der Waals surface area contributed by atoms with Gasteiger partial charge < -0.3 is 14.8 Å². The SMILES string of the molecule is COc1ccc(C(CC(=O)c2ccc(Br)cc2)Nc2cccc(Cl)c2)cc1OC. The molecule has 0 bridgehead atoms. The average molecular weight is 475 g/mol. The summed E-state index contributed by atoms with van der Waals surface area (Å²) in [6, 6.07) is 20.2. The van der Waals surface area contributed by atoms with E-state index in [2.05, 4.69) is 21.2 Å². The van der Waals surface area contributed by atoms with Gasteiger partial charge >= 0.3 is 0 Å². The topological polar surface area (TPSA) is 47.6 Å². The molecule has 4 nitrogen and oxygen atoms in total. The number of hydrogen-bond donors (Lipinski definition) is 1. The van der Waals surface area contributed by atoms with Gasteiger partial charge in [0.05, 0.1) is 20.3 Å². The molecule has 0 aromatic heterocycles. The maximum absolute atomic E-state index is 12.9. The van der Waals surface area contributed by atoms with Gasteiger partial charge in [-0.1, -0.05) is 51.8 Å². The lowest BCUT2D eigenvalue weighted by molar-refractivity contribution is 0.0976. The molecule has 0 amide bonds. The van der Waals surface area contributed by atoms with Gasteiger partial charge in [-0.25, -0.2) is 0 Å². The summed E-state index contributed by atoms with van der Waals surface area (Å²) < 4.78 is 11.7. The van der Waals surface area contributed by atoms with Crippen molar-refractivity contribution < 1.29 is 14.3 Å². The normalized spacial score (nSPS) is 11.6. The van der Waals surface area contributed by atoms with Crippen LogP contribution in [0.15, 0.2) is 71.2 Å². The molecule has 0 saturated heterocycles. The standard InChI is InChI=1S/C23H21BrClNO3/c1-28-22-11-8-16(12-23(22)29-2)20(26-19-5-3-4-18(25)13-19)14-21(27)15-6-9-17(24)10-7-15/h3-13,20,26H,14H2,1-2H3. The summed E-state index contributed by atoms with van der Waals surface area (Å²) in [7, 11) is 3.18. The minimum atomic E-state index is -0.274. The molecule has 0 aliphatic heterocycles. The fourth-order valence-corrected chi connectivity index (χ4v) is 3.49. The second-order valence-electron chi connectivity index (χ2n) is 6.46. The molecular weight excluding hydrogens is 454 g/mol. The molecule has 0 saturated carbocycles. The first-order valence-electron chi connectivity index (χ1n) is 9.03. The van der Waals surface area contributed by atoms with Gasteiger partial charge in [-0.2, -0.15) is 0 Å². The number of halogens is 2. The maximum Gasteiger partial charge on any atom is 0.165 e. The second-order valence-corrected chi connectivity index (χ2v) is 7.81. The summed E-state index contributed by atoms with van der Waals surface area (Å²) in [6.45, 7) is 0. The predicted octanol–water partition coefficient (Wildman–Crippen LogP) is 6.55. The summed E-state index contributed by atoms with van der Waals surface area (Å²) in [6.07, 6.45) is 0.267. The molecule has 3 rings (SSSR count). The predicted molar refractivity (Wildman–Crippen MR) is 120 cm³/mol. The van der Waals surface area contributed by atoms with Crippen molar-refractivity contribution in [1.82, 2.24) is 0 Å². The molecule has 3 aromatic rings. The number of nitrogens with one attached hydrogen (secondary N) is 1. The molecule has 150 valence electrons. The third kappa shape index (κ3) is 5.52. The summed E-state index contributed by atoms with van der Waals surface area (Å²) in [5, 5.41) is 4.05. The number of carbonyl (C=O) groups excluding carboxylic acids is 1. The Morgan fingerprint density at radius 1 is 1.00 bits per heavy atom. The number of methoxy groups -OCH3 is 2. The van der Waals surface area contributed by atoms with Crippen LogP contribution in [-0.2, 0) is 0 Å². The number of ether oxygens (including phenoxy) is 2. The largest absolute Gasteiger partial charge is 0.493 e. The molecule has 0 radical (unpaired) electrons. The van der Waals surface area contributed by atoms with Crippen molar-refractivity contribution >= 4 is 39.0 Å². The zero-order chi connectivity index (χ0) is 20.8. The van der Waals surface area contributed by atoms with Crippen LogP contribution in [0.3, 0.4) is 0 Å². The summed E-state index contributed by atoms with van der Waals surface area (Å²) >= 11 is 9.53. The molecule has 0 spiro atoms. The van der Waals surface area contributed by atoms with Gasteiger partial charge in [0.2, 0.25) is 0 Å². The van der Waals surface area contributed by atoms with E-state index in [0.29, 0.717) is 22.1 Å². The maximum atomic E-state index is 12.9. The van der Waals surface area contributed by atoms with E-state index in [9.17, 15) is 4.79 Å². The first-order valence-corrected chi connectivity index (χ1v) is 10.2. The van der Waals surface area contributed by atoms with E-state index in [1.807, 2.05) is 66.7 Å². The molecule has 1 N–H and O–H groups in total. The van der Waals surface area contributed by atoms with Gasteiger partial charge in [0.25, 0.3) is 0 Å². The van der Waals surface area contributed by atoms with Gasteiger partial charge in [-0.05, 0) is 48.0 Å². The van der Waals surface area contributed by atoms with Crippen LogP contribution in [0.5, 0.6) is 11.5 Å². The lowest BCUT2D eigenvalue weighted by atomic mass is 9.97. The highest BCUT2D eigenvalue weighted by atomic mass is 79.9. The van der Waals surface area contributed by atoms with Crippen molar-refractivity contribution in [2.45, 2.75) is 12.5 Å². The van der Waals surface area contributed by atoms with Crippen molar-refractivity contribution in [3.63, 3.8) is 0 Å². The molecule has 0 fully saturated rings. The Labute approximate surface area is 183 Å². The fourth-order valence-electron chi connectivity index (χ4n) is 3.04. The van der Waals surface area contributed by atoms with E-state index in [4.69, 9.17) is 21.1 Å². The molecular formula is C23H21BrClNO3. The molecule has 0 aliphatic rings. The van der Waals surface area contributed by atoms with E-state index < -0.39 is 0 Å². The van der Waals surface area contributed by atoms with Crippen LogP contribution in [0.4, 0.5) is 5.69 Å². The minimum absolute atomic E-state index is 0.0341. The fraction of sp³-hybridized carbons (Fsp3) is 0.174. The minimum Gasteiger partial charge on any atom is -0.493 e. The third-order valence-electron chi connectivity index (χ3n) is 4.53. The molecule has 6 heteroatoms. The van der Waals surface area contributed by atoms with E-state index in [1.54, 1.807) is 14.2 Å². The number of anilines is 1. The van der Waals surface area contributed by atoms with Crippen molar-refractivity contribution in [3.05, 3.63) is 87.4 Å². The van der Waals surface area contributed by atoms with Crippen molar-refractivity contribution in [2.75, 3.05) is 19.5 Å². The van der Waals surface area contributed by atoms with Crippen LogP contribution in [0.1, 0.15) is 28.4 Å². The van der Waals surface area contributed by atoms with Gasteiger partial charge in [0.15, 0.2) is 17.3 Å². The van der Waals surface area contributed by atoms with Crippen LogP contribution in [-0.4, -0.2) is 20.0 Å². The summed E-state index contributed by atoms with van der Waals surface area (Å²) in [5.74, 6) is 1.28. The zero-order valence-electron chi connectivity index (χ0n) is 16.1. The van der Waals surface area contributed by atoms with Crippen molar-refractivity contribution in [1.29, 1.82) is 0 Å². The molecule has 1 atom stereocenters. The van der Waals surface area contributed by atoms with Crippen LogP contribution in [0, 0.1) is 0 Å². The Bertz CT molecular complexity index is 992. The van der Waals surface area contributed by atoms with Crippen molar-refractivity contribution in [3.8, 4) is 11.5 Å². The van der Waals surface area contributed by atoms with Gasteiger partial charge in [-0.15, -0.1) is 0 Å². The Morgan fingerprint density at radius 3 is 2.38 bits per heavy atom. The van der Waals surface area contributed by atoms with Crippen LogP contribution in [0.2, 0.25) is 5.02 Å². The van der Waals surface area contributed by atoms with E-state index in [1.165, 1.54) is 0 Å². The monoisotopic (exact) mass is 473 g/mol. The molecule has 0 aliphatic carbocycles. The highest BCUT2D eigenvalue weighted by Gasteiger charge is 2.19. The second kappa shape index (κ2) is 9.81. The molecule has 0 heterocycles. The first-order chi connectivity index (χ1) is 14.0. The Morgan fingerprint density at radius 2 is 1.72 bits per heavy atom. The Hall–Kier alpha value is -2.50. The number of benzene rings is 3. The van der Waals surface area contributed by atoms with Crippen LogP contribution >= 0.6 is 27.5 Å². The smallest absolute Gasteiger partial charge is 0.165 e. The highest BCUT2D eigenvalue weighted by Crippen LogP contribution is 2.33. The zero-order valence-corrected chi connectivity index (χ0v) is 18.5. The lowest BCUT2D eigenvalue weighted by Gasteiger charge is -2.21.